The lowest BCUT2D eigenvalue weighted by atomic mass is 9.98. The molecule has 134 valence electrons. The van der Waals surface area contributed by atoms with E-state index < -0.39 is 5.63 Å². The molecule has 0 atom stereocenters. The number of hydrogen-bond donors (Lipinski definition) is 0. The zero-order chi connectivity index (χ0) is 18.7. The number of anilines is 1. The van der Waals surface area contributed by atoms with E-state index in [-0.39, 0.29) is 12.5 Å². The zero-order valence-electron chi connectivity index (χ0n) is 15.1. The van der Waals surface area contributed by atoms with Crippen LogP contribution in [-0.2, 0) is 9.53 Å². The number of rotatable bonds is 5. The molecule has 0 N–H and O–H groups in total. The molecule has 0 aliphatic heterocycles. The molecule has 26 heavy (non-hydrogen) atoms. The molecule has 0 amide bonds. The van der Waals surface area contributed by atoms with Crippen molar-refractivity contribution < 1.29 is 13.9 Å². The topological polar surface area (TPSA) is 59.8 Å². The summed E-state index contributed by atoms with van der Waals surface area (Å²) in [7, 11) is 1.79. The van der Waals surface area contributed by atoms with Crippen LogP contribution in [-0.4, -0.2) is 26.2 Å². The number of nitrogens with zero attached hydrogens (tertiary/aromatic N) is 1. The number of likely N-dealkylation sites (N-methyl/N-ethyl adjacent to an activating group) is 1. The molecule has 0 spiro atoms. The molecule has 0 unspecified atom stereocenters. The number of aryl methyl sites for hydroxylation is 1. The van der Waals surface area contributed by atoms with Crippen LogP contribution in [0.25, 0.3) is 22.1 Å². The van der Waals surface area contributed by atoms with E-state index in [2.05, 4.69) is 0 Å². The third-order valence-corrected chi connectivity index (χ3v) is 4.28. The van der Waals surface area contributed by atoms with Crippen LogP contribution >= 0.6 is 0 Å². The summed E-state index contributed by atoms with van der Waals surface area (Å²) in [6.45, 7) is 4.26. The van der Waals surface area contributed by atoms with E-state index >= 15 is 0 Å². The molecule has 0 saturated carbocycles. The van der Waals surface area contributed by atoms with E-state index in [1.807, 2.05) is 43.3 Å². The lowest BCUT2D eigenvalue weighted by Crippen LogP contribution is -2.27. The fraction of sp³-hybridized carbons (Fsp3) is 0.238. The van der Waals surface area contributed by atoms with E-state index in [9.17, 15) is 9.59 Å². The molecule has 0 aliphatic rings. The zero-order valence-corrected chi connectivity index (χ0v) is 15.1. The Morgan fingerprint density at radius 3 is 2.62 bits per heavy atom. The molecule has 0 aliphatic carbocycles. The Hall–Kier alpha value is -3.08. The van der Waals surface area contributed by atoms with Gasteiger partial charge in [0, 0.05) is 35.8 Å². The highest BCUT2D eigenvalue weighted by Gasteiger charge is 2.13. The van der Waals surface area contributed by atoms with Gasteiger partial charge in [-0.1, -0.05) is 24.3 Å². The number of carbonyl (C=O) groups excluding carboxylic acids is 1. The highest BCUT2D eigenvalue weighted by molar-refractivity contribution is 5.95. The molecule has 1 heterocycles. The summed E-state index contributed by atoms with van der Waals surface area (Å²) in [5.41, 5.74) is 3.79. The maximum absolute atomic E-state index is 12.1. The minimum Gasteiger partial charge on any atom is -0.465 e. The van der Waals surface area contributed by atoms with Crippen molar-refractivity contribution in [2.75, 3.05) is 25.1 Å². The van der Waals surface area contributed by atoms with Gasteiger partial charge in [0.2, 0.25) is 0 Å². The summed E-state index contributed by atoms with van der Waals surface area (Å²) >= 11 is 0. The Balaban J connectivity index is 2.05. The van der Waals surface area contributed by atoms with Gasteiger partial charge in [0.1, 0.15) is 12.1 Å². The highest BCUT2D eigenvalue weighted by Crippen LogP contribution is 2.31. The standard InChI is InChI=1S/C21H21NO4/c1-4-25-21(24)13-22(3)15-9-10-17-18(12-20(23)26-19(17)11-15)16-8-6-5-7-14(16)2/h5-12H,4,13H2,1-3H3. The summed E-state index contributed by atoms with van der Waals surface area (Å²) in [5.74, 6) is -0.301. The number of benzene rings is 2. The number of ether oxygens (including phenoxy) is 1. The van der Waals surface area contributed by atoms with E-state index in [0.717, 1.165) is 27.8 Å². The van der Waals surface area contributed by atoms with Crippen molar-refractivity contribution in [2.24, 2.45) is 0 Å². The SMILES string of the molecule is CCOC(=O)CN(C)c1ccc2c(-c3ccccc3C)cc(=O)oc2c1. The third-order valence-electron chi connectivity index (χ3n) is 4.28. The summed E-state index contributed by atoms with van der Waals surface area (Å²) in [5, 5.41) is 0.854. The second-order valence-corrected chi connectivity index (χ2v) is 6.14. The van der Waals surface area contributed by atoms with Crippen molar-refractivity contribution in [3.63, 3.8) is 0 Å². The fourth-order valence-corrected chi connectivity index (χ4v) is 2.98. The van der Waals surface area contributed by atoms with Crippen molar-refractivity contribution in [3.8, 4) is 11.1 Å². The first-order chi connectivity index (χ1) is 12.5. The molecular formula is C21H21NO4. The van der Waals surface area contributed by atoms with Crippen LogP contribution in [0.5, 0.6) is 0 Å². The van der Waals surface area contributed by atoms with Crippen molar-refractivity contribution >= 4 is 22.6 Å². The van der Waals surface area contributed by atoms with Gasteiger partial charge in [-0.15, -0.1) is 0 Å². The molecule has 5 heteroatoms. The van der Waals surface area contributed by atoms with Gasteiger partial charge in [0.05, 0.1) is 6.61 Å². The predicted octanol–water partition coefficient (Wildman–Crippen LogP) is 3.77. The Bertz CT molecular complexity index is 1010. The molecule has 2 aromatic carbocycles. The average molecular weight is 351 g/mol. The summed E-state index contributed by atoms with van der Waals surface area (Å²) in [6, 6.07) is 15.0. The van der Waals surface area contributed by atoms with Crippen LogP contribution in [0.15, 0.2) is 57.7 Å². The first kappa shape index (κ1) is 17.7. The molecule has 5 nitrogen and oxygen atoms in total. The smallest absolute Gasteiger partial charge is 0.336 e. The second kappa shape index (κ2) is 7.44. The van der Waals surface area contributed by atoms with Crippen LogP contribution in [0, 0.1) is 6.92 Å². The normalized spacial score (nSPS) is 10.7. The van der Waals surface area contributed by atoms with Crippen LogP contribution < -0.4 is 10.5 Å². The highest BCUT2D eigenvalue weighted by atomic mass is 16.5. The quantitative estimate of drug-likeness (QED) is 0.517. The Morgan fingerprint density at radius 2 is 1.88 bits per heavy atom. The van der Waals surface area contributed by atoms with Gasteiger partial charge in [-0.05, 0) is 37.1 Å². The number of carbonyl (C=O) groups is 1. The lowest BCUT2D eigenvalue weighted by Gasteiger charge is -2.18. The van der Waals surface area contributed by atoms with Gasteiger partial charge in [0.25, 0.3) is 0 Å². The monoisotopic (exact) mass is 351 g/mol. The Kier molecular flexibility index (Phi) is 5.07. The van der Waals surface area contributed by atoms with Gasteiger partial charge in [0.15, 0.2) is 0 Å². The van der Waals surface area contributed by atoms with Crippen LogP contribution in [0.2, 0.25) is 0 Å². The number of esters is 1. The molecule has 3 aromatic rings. The van der Waals surface area contributed by atoms with E-state index in [1.54, 1.807) is 24.9 Å². The van der Waals surface area contributed by atoms with Gasteiger partial charge in [-0.25, -0.2) is 4.79 Å². The van der Waals surface area contributed by atoms with Gasteiger partial charge < -0.3 is 14.1 Å². The van der Waals surface area contributed by atoms with Crippen LogP contribution in [0.3, 0.4) is 0 Å². The molecule has 0 bridgehead atoms. The van der Waals surface area contributed by atoms with Crippen LogP contribution in [0.4, 0.5) is 5.69 Å². The molecular weight excluding hydrogens is 330 g/mol. The molecule has 0 radical (unpaired) electrons. The first-order valence-corrected chi connectivity index (χ1v) is 8.50. The van der Waals surface area contributed by atoms with Gasteiger partial charge in [-0.2, -0.15) is 0 Å². The number of hydrogen-bond acceptors (Lipinski definition) is 5. The van der Waals surface area contributed by atoms with Gasteiger partial charge in [-0.3, -0.25) is 4.79 Å². The first-order valence-electron chi connectivity index (χ1n) is 8.50. The Morgan fingerprint density at radius 1 is 1.12 bits per heavy atom. The molecule has 0 saturated heterocycles. The molecule has 3 rings (SSSR count). The molecule has 0 fully saturated rings. The summed E-state index contributed by atoms with van der Waals surface area (Å²) < 4.78 is 10.4. The lowest BCUT2D eigenvalue weighted by molar-refractivity contribution is -0.141. The summed E-state index contributed by atoms with van der Waals surface area (Å²) in [4.78, 5) is 25.5. The fourth-order valence-electron chi connectivity index (χ4n) is 2.98. The van der Waals surface area contributed by atoms with Crippen molar-refractivity contribution in [1.82, 2.24) is 0 Å². The van der Waals surface area contributed by atoms with E-state index in [1.165, 1.54) is 6.07 Å². The maximum atomic E-state index is 12.1. The van der Waals surface area contributed by atoms with Gasteiger partial charge >= 0.3 is 11.6 Å². The van der Waals surface area contributed by atoms with Crippen molar-refractivity contribution in [1.29, 1.82) is 0 Å². The van der Waals surface area contributed by atoms with Crippen LogP contribution in [0.1, 0.15) is 12.5 Å². The number of fused-ring (bicyclic) bond motifs is 1. The minimum absolute atomic E-state index is 0.126. The predicted molar refractivity (Wildman–Crippen MR) is 103 cm³/mol. The minimum atomic E-state index is -0.402. The maximum Gasteiger partial charge on any atom is 0.336 e. The Labute approximate surface area is 151 Å². The van der Waals surface area contributed by atoms with E-state index in [4.69, 9.17) is 9.15 Å². The largest absolute Gasteiger partial charge is 0.465 e. The van der Waals surface area contributed by atoms with Crippen molar-refractivity contribution in [2.45, 2.75) is 13.8 Å². The van der Waals surface area contributed by atoms with Crippen molar-refractivity contribution in [3.05, 3.63) is 64.5 Å². The molecule has 1 aromatic heterocycles. The second-order valence-electron chi connectivity index (χ2n) is 6.14. The third kappa shape index (κ3) is 3.61. The van der Waals surface area contributed by atoms with E-state index in [0.29, 0.717) is 12.2 Å². The summed E-state index contributed by atoms with van der Waals surface area (Å²) in [6.07, 6.45) is 0. The average Bonchev–Trinajstić information content (AvgIpc) is 2.61.